The number of likely N-dealkylation sites (tertiary alicyclic amines) is 1. The van der Waals surface area contributed by atoms with Crippen LogP contribution in [0.2, 0.25) is 0 Å². The zero-order valence-corrected chi connectivity index (χ0v) is 13.3. The smallest absolute Gasteiger partial charge is 0.338 e. The molecule has 0 bridgehead atoms. The molecule has 1 saturated heterocycles. The molecule has 2 N–H and O–H groups in total. The number of halogens is 1. The minimum Gasteiger partial charge on any atom is -0.478 e. The molecule has 1 aliphatic rings. The van der Waals surface area contributed by atoms with Crippen LogP contribution in [0.3, 0.4) is 0 Å². The molecule has 1 heterocycles. The van der Waals surface area contributed by atoms with Crippen LogP contribution in [0.1, 0.15) is 30.1 Å². The van der Waals surface area contributed by atoms with Crippen molar-refractivity contribution >= 4 is 27.6 Å². The van der Waals surface area contributed by atoms with Gasteiger partial charge in [-0.2, -0.15) is 0 Å². The lowest BCUT2D eigenvalue weighted by Gasteiger charge is -2.31. The molecule has 0 atom stereocenters. The molecule has 5 heteroatoms. The highest BCUT2D eigenvalue weighted by Gasteiger charge is 2.19. The van der Waals surface area contributed by atoms with E-state index in [1.54, 1.807) is 6.07 Å². The number of carboxylic acid groups (broad SMARTS) is 1. The lowest BCUT2D eigenvalue weighted by molar-refractivity contribution is 0.0697. The molecule has 2 rings (SSSR count). The Bertz CT molecular complexity index is 471. The Labute approximate surface area is 128 Å². The number of nitrogens with zero attached hydrogens (tertiary/aromatic N) is 1. The topological polar surface area (TPSA) is 52.6 Å². The fourth-order valence-corrected chi connectivity index (χ4v) is 3.19. The first-order valence-electron chi connectivity index (χ1n) is 7.09. The molecule has 0 saturated carbocycles. The minimum atomic E-state index is -0.902. The van der Waals surface area contributed by atoms with E-state index in [2.05, 4.69) is 33.1 Å². The van der Waals surface area contributed by atoms with Gasteiger partial charge in [0.05, 0.1) is 5.56 Å². The largest absolute Gasteiger partial charge is 0.478 e. The zero-order valence-electron chi connectivity index (χ0n) is 11.7. The van der Waals surface area contributed by atoms with Gasteiger partial charge in [-0.05, 0) is 66.5 Å². The molecule has 20 heavy (non-hydrogen) atoms. The lowest BCUT2D eigenvalue weighted by Crippen LogP contribution is -2.35. The molecule has 1 aromatic rings. The predicted molar refractivity (Wildman–Crippen MR) is 84.4 cm³/mol. The van der Waals surface area contributed by atoms with Gasteiger partial charge < -0.3 is 15.3 Å². The number of anilines is 1. The second-order valence-corrected chi connectivity index (χ2v) is 6.08. The van der Waals surface area contributed by atoms with Gasteiger partial charge in [-0.3, -0.25) is 0 Å². The number of rotatable bonds is 5. The van der Waals surface area contributed by atoms with Crippen LogP contribution in [0.5, 0.6) is 0 Å². The van der Waals surface area contributed by atoms with Gasteiger partial charge in [0.2, 0.25) is 0 Å². The first kappa shape index (κ1) is 15.3. The molecule has 0 amide bonds. The summed E-state index contributed by atoms with van der Waals surface area (Å²) >= 11 is 3.30. The molecule has 0 unspecified atom stereocenters. The summed E-state index contributed by atoms with van der Waals surface area (Å²) in [5.74, 6) is -0.279. The quantitative estimate of drug-likeness (QED) is 0.863. The summed E-state index contributed by atoms with van der Waals surface area (Å²) in [6.07, 6.45) is 2.36. The highest BCUT2D eigenvalue weighted by atomic mass is 79.9. The number of aromatic carboxylic acids is 1. The van der Waals surface area contributed by atoms with Crippen molar-refractivity contribution in [3.63, 3.8) is 0 Å². The van der Waals surface area contributed by atoms with Crippen LogP contribution in [-0.4, -0.2) is 42.2 Å². The summed E-state index contributed by atoms with van der Waals surface area (Å²) in [5.41, 5.74) is 1.02. The highest BCUT2D eigenvalue weighted by Crippen LogP contribution is 2.26. The summed E-state index contributed by atoms with van der Waals surface area (Å²) in [4.78, 5) is 13.8. The number of benzene rings is 1. The van der Waals surface area contributed by atoms with Crippen LogP contribution in [0.4, 0.5) is 5.69 Å². The van der Waals surface area contributed by atoms with E-state index in [9.17, 15) is 9.90 Å². The molecule has 110 valence electrons. The summed E-state index contributed by atoms with van der Waals surface area (Å²) in [7, 11) is 0. The third-order valence-electron chi connectivity index (χ3n) is 3.96. The van der Waals surface area contributed by atoms with E-state index in [1.807, 2.05) is 12.1 Å². The third kappa shape index (κ3) is 3.73. The Balaban J connectivity index is 1.95. The molecule has 1 aromatic carbocycles. The van der Waals surface area contributed by atoms with Crippen molar-refractivity contribution in [2.45, 2.75) is 19.8 Å². The number of carboxylic acids is 1. The van der Waals surface area contributed by atoms with Gasteiger partial charge in [0.25, 0.3) is 0 Å². The van der Waals surface area contributed by atoms with E-state index in [4.69, 9.17) is 0 Å². The van der Waals surface area contributed by atoms with Crippen molar-refractivity contribution in [3.8, 4) is 0 Å². The Hall–Kier alpha value is -1.07. The van der Waals surface area contributed by atoms with Crippen LogP contribution in [0.25, 0.3) is 0 Å². The number of carbonyl (C=O) groups is 1. The Morgan fingerprint density at radius 1 is 1.45 bits per heavy atom. The van der Waals surface area contributed by atoms with Gasteiger partial charge in [0, 0.05) is 16.7 Å². The molecule has 1 aliphatic heterocycles. The maximum absolute atomic E-state index is 11.3. The second kappa shape index (κ2) is 7.09. The van der Waals surface area contributed by atoms with Gasteiger partial charge in [-0.15, -0.1) is 0 Å². The number of nitrogens with one attached hydrogen (secondary N) is 1. The molecule has 1 fully saturated rings. The SMILES string of the molecule is CCN1CCC(CNc2cccc(Br)c2C(=O)O)CC1. The first-order chi connectivity index (χ1) is 9.61. The monoisotopic (exact) mass is 340 g/mol. The van der Waals surface area contributed by atoms with Crippen molar-refractivity contribution in [1.82, 2.24) is 4.90 Å². The average Bonchev–Trinajstić information content (AvgIpc) is 2.45. The van der Waals surface area contributed by atoms with Gasteiger partial charge in [-0.25, -0.2) is 4.79 Å². The summed E-state index contributed by atoms with van der Waals surface area (Å²) in [6, 6.07) is 5.45. The zero-order chi connectivity index (χ0) is 14.5. The van der Waals surface area contributed by atoms with E-state index in [1.165, 1.54) is 12.8 Å². The van der Waals surface area contributed by atoms with Crippen LogP contribution in [0, 0.1) is 5.92 Å². The average molecular weight is 341 g/mol. The van der Waals surface area contributed by atoms with Crippen LogP contribution < -0.4 is 5.32 Å². The molecular formula is C15H21BrN2O2. The highest BCUT2D eigenvalue weighted by molar-refractivity contribution is 9.10. The van der Waals surface area contributed by atoms with Gasteiger partial charge in [0.15, 0.2) is 0 Å². The maximum Gasteiger partial charge on any atom is 0.338 e. The van der Waals surface area contributed by atoms with Crippen molar-refractivity contribution in [2.75, 3.05) is 31.5 Å². The second-order valence-electron chi connectivity index (χ2n) is 5.23. The molecule has 4 nitrogen and oxygen atoms in total. The van der Waals surface area contributed by atoms with E-state index in [0.717, 1.165) is 26.2 Å². The van der Waals surface area contributed by atoms with Crippen molar-refractivity contribution < 1.29 is 9.90 Å². The summed E-state index contributed by atoms with van der Waals surface area (Å²) < 4.78 is 0.621. The third-order valence-corrected chi connectivity index (χ3v) is 4.62. The van der Waals surface area contributed by atoms with Crippen LogP contribution in [0.15, 0.2) is 22.7 Å². The van der Waals surface area contributed by atoms with E-state index in [-0.39, 0.29) is 0 Å². The van der Waals surface area contributed by atoms with Crippen molar-refractivity contribution in [2.24, 2.45) is 5.92 Å². The number of hydrogen-bond donors (Lipinski definition) is 2. The van der Waals surface area contributed by atoms with Crippen LogP contribution in [-0.2, 0) is 0 Å². The predicted octanol–water partition coefficient (Wildman–Crippen LogP) is 3.29. The fraction of sp³-hybridized carbons (Fsp3) is 0.533. The van der Waals surface area contributed by atoms with Gasteiger partial charge in [-0.1, -0.05) is 13.0 Å². The summed E-state index contributed by atoms with van der Waals surface area (Å²) in [6.45, 7) is 6.45. The number of hydrogen-bond acceptors (Lipinski definition) is 3. The lowest BCUT2D eigenvalue weighted by atomic mass is 9.96. The summed E-state index contributed by atoms with van der Waals surface area (Å²) in [5, 5.41) is 12.6. The molecule has 0 aromatic heterocycles. The van der Waals surface area contributed by atoms with E-state index in [0.29, 0.717) is 21.6 Å². The molecule has 0 spiro atoms. The fourth-order valence-electron chi connectivity index (χ4n) is 2.65. The van der Waals surface area contributed by atoms with Gasteiger partial charge >= 0.3 is 5.97 Å². The van der Waals surface area contributed by atoms with E-state index >= 15 is 0 Å². The normalized spacial score (nSPS) is 17.1. The van der Waals surface area contributed by atoms with Crippen LogP contribution >= 0.6 is 15.9 Å². The Morgan fingerprint density at radius 2 is 2.15 bits per heavy atom. The molecule has 0 aliphatic carbocycles. The maximum atomic E-state index is 11.3. The Kier molecular flexibility index (Phi) is 5.43. The standard InChI is InChI=1S/C15H21BrN2O2/c1-2-18-8-6-11(7-9-18)10-17-13-5-3-4-12(16)14(13)15(19)20/h3-5,11,17H,2,6-10H2,1H3,(H,19,20). The van der Waals surface area contributed by atoms with Crippen molar-refractivity contribution in [1.29, 1.82) is 0 Å². The van der Waals surface area contributed by atoms with E-state index < -0.39 is 5.97 Å². The molecular weight excluding hydrogens is 320 g/mol. The first-order valence-corrected chi connectivity index (χ1v) is 7.89. The van der Waals surface area contributed by atoms with Crippen molar-refractivity contribution in [3.05, 3.63) is 28.2 Å². The Morgan fingerprint density at radius 3 is 2.75 bits per heavy atom. The van der Waals surface area contributed by atoms with Gasteiger partial charge in [0.1, 0.15) is 0 Å². The molecule has 0 radical (unpaired) electrons. The minimum absolute atomic E-state index is 0.318. The number of piperidine rings is 1.